The molecule has 0 spiro atoms. The molecule has 0 atom stereocenters. The molecule has 0 aliphatic rings. The highest BCUT2D eigenvalue weighted by Crippen LogP contribution is 2.19. The Morgan fingerprint density at radius 2 is 2.28 bits per heavy atom. The maximum absolute atomic E-state index is 12.1. The SMILES string of the molecule is Cc1ccc(C(=O)NCCc2csc(-n3cccn3)n2)cc1[N+](=O)[O-]. The van der Waals surface area contributed by atoms with E-state index in [2.05, 4.69) is 15.4 Å². The standard InChI is InChI=1S/C16H15N5O3S/c1-11-3-4-12(9-14(11)21(23)24)15(22)17-7-5-13-10-25-16(19-13)20-8-2-6-18-20/h2-4,6,8-10H,5,7H2,1H3,(H,17,22). The molecule has 0 fully saturated rings. The quantitative estimate of drug-likeness (QED) is 0.539. The zero-order chi connectivity index (χ0) is 17.8. The largest absolute Gasteiger partial charge is 0.352 e. The number of aromatic nitrogens is 3. The monoisotopic (exact) mass is 357 g/mol. The van der Waals surface area contributed by atoms with Crippen molar-refractivity contribution in [3.63, 3.8) is 0 Å². The molecule has 9 heteroatoms. The minimum absolute atomic E-state index is 0.0592. The third-order valence-electron chi connectivity index (χ3n) is 3.57. The zero-order valence-corrected chi connectivity index (χ0v) is 14.2. The first-order valence-corrected chi connectivity index (χ1v) is 8.40. The first kappa shape index (κ1) is 16.8. The highest BCUT2D eigenvalue weighted by Gasteiger charge is 2.14. The van der Waals surface area contributed by atoms with Crippen molar-refractivity contribution in [2.75, 3.05) is 6.54 Å². The van der Waals surface area contributed by atoms with E-state index in [1.165, 1.54) is 17.4 Å². The van der Waals surface area contributed by atoms with Crippen LogP contribution in [0.15, 0.2) is 42.0 Å². The molecule has 128 valence electrons. The molecule has 0 aliphatic heterocycles. The predicted molar refractivity (Wildman–Crippen MR) is 93.1 cm³/mol. The number of nitro benzene ring substituents is 1. The van der Waals surface area contributed by atoms with Gasteiger partial charge in [-0.15, -0.1) is 11.3 Å². The fourth-order valence-corrected chi connectivity index (χ4v) is 3.05. The highest BCUT2D eigenvalue weighted by atomic mass is 32.1. The summed E-state index contributed by atoms with van der Waals surface area (Å²) in [6, 6.07) is 6.27. The Kier molecular flexibility index (Phi) is 4.85. The summed E-state index contributed by atoms with van der Waals surface area (Å²) in [7, 11) is 0. The van der Waals surface area contributed by atoms with E-state index >= 15 is 0 Å². The van der Waals surface area contributed by atoms with E-state index < -0.39 is 4.92 Å². The number of aryl methyl sites for hydroxylation is 1. The molecule has 2 aromatic heterocycles. The van der Waals surface area contributed by atoms with E-state index in [4.69, 9.17) is 0 Å². The van der Waals surface area contributed by atoms with Gasteiger partial charge in [-0.2, -0.15) is 5.10 Å². The number of rotatable bonds is 6. The molecule has 8 nitrogen and oxygen atoms in total. The molecule has 0 saturated carbocycles. The Balaban J connectivity index is 1.58. The molecular formula is C16H15N5O3S. The summed E-state index contributed by atoms with van der Waals surface area (Å²) in [4.78, 5) is 27.1. The number of nitrogens with zero attached hydrogens (tertiary/aromatic N) is 4. The van der Waals surface area contributed by atoms with E-state index in [1.807, 2.05) is 17.6 Å². The number of thiazole rings is 1. The second kappa shape index (κ2) is 7.22. The van der Waals surface area contributed by atoms with Gasteiger partial charge in [0, 0.05) is 47.9 Å². The van der Waals surface area contributed by atoms with Gasteiger partial charge in [0.1, 0.15) is 0 Å². The average molecular weight is 357 g/mol. The number of carbonyl (C=O) groups excluding carboxylic acids is 1. The average Bonchev–Trinajstić information content (AvgIpc) is 3.26. The van der Waals surface area contributed by atoms with E-state index in [-0.39, 0.29) is 17.2 Å². The van der Waals surface area contributed by atoms with Crippen LogP contribution < -0.4 is 5.32 Å². The molecule has 0 aliphatic carbocycles. The summed E-state index contributed by atoms with van der Waals surface area (Å²) in [5, 5.41) is 20.5. The van der Waals surface area contributed by atoms with E-state index in [1.54, 1.807) is 29.9 Å². The molecule has 0 unspecified atom stereocenters. The van der Waals surface area contributed by atoms with Crippen molar-refractivity contribution in [1.82, 2.24) is 20.1 Å². The van der Waals surface area contributed by atoms with Crippen LogP contribution >= 0.6 is 11.3 Å². The molecule has 25 heavy (non-hydrogen) atoms. The van der Waals surface area contributed by atoms with Crippen LogP contribution in [-0.2, 0) is 6.42 Å². The maximum Gasteiger partial charge on any atom is 0.273 e. The van der Waals surface area contributed by atoms with Crippen molar-refractivity contribution in [3.05, 3.63) is 69.0 Å². The molecule has 0 radical (unpaired) electrons. The summed E-state index contributed by atoms with van der Waals surface area (Å²) in [6.45, 7) is 2.03. The summed E-state index contributed by atoms with van der Waals surface area (Å²) in [6.07, 6.45) is 4.06. The van der Waals surface area contributed by atoms with Gasteiger partial charge in [-0.1, -0.05) is 6.07 Å². The summed E-state index contributed by atoms with van der Waals surface area (Å²) >= 11 is 1.47. The minimum atomic E-state index is -0.488. The molecule has 1 amide bonds. The first-order chi connectivity index (χ1) is 12.0. The number of nitro groups is 1. The third-order valence-corrected chi connectivity index (χ3v) is 4.45. The number of nitrogens with one attached hydrogen (secondary N) is 1. The van der Waals surface area contributed by atoms with Gasteiger partial charge >= 0.3 is 0 Å². The van der Waals surface area contributed by atoms with Crippen molar-refractivity contribution in [2.24, 2.45) is 0 Å². The van der Waals surface area contributed by atoms with Gasteiger partial charge in [0.05, 0.1) is 10.6 Å². The van der Waals surface area contributed by atoms with Gasteiger partial charge in [0.25, 0.3) is 11.6 Å². The molecule has 2 heterocycles. The molecule has 1 aromatic carbocycles. The molecule has 1 N–H and O–H groups in total. The van der Waals surface area contributed by atoms with Crippen LogP contribution in [0.25, 0.3) is 5.13 Å². The summed E-state index contributed by atoms with van der Waals surface area (Å²) in [5.41, 5.74) is 1.59. The Hall–Kier alpha value is -3.07. The van der Waals surface area contributed by atoms with Gasteiger partial charge in [0.15, 0.2) is 0 Å². The Morgan fingerprint density at radius 1 is 1.44 bits per heavy atom. The van der Waals surface area contributed by atoms with Gasteiger partial charge in [-0.3, -0.25) is 14.9 Å². The van der Waals surface area contributed by atoms with Gasteiger partial charge in [0.2, 0.25) is 5.13 Å². The number of hydrogen-bond donors (Lipinski definition) is 1. The number of benzene rings is 1. The molecule has 0 saturated heterocycles. The lowest BCUT2D eigenvalue weighted by Gasteiger charge is -2.05. The fourth-order valence-electron chi connectivity index (χ4n) is 2.25. The van der Waals surface area contributed by atoms with Gasteiger partial charge < -0.3 is 5.32 Å². The zero-order valence-electron chi connectivity index (χ0n) is 13.4. The lowest BCUT2D eigenvalue weighted by Crippen LogP contribution is -2.25. The maximum atomic E-state index is 12.1. The predicted octanol–water partition coefficient (Wildman–Crippen LogP) is 2.52. The van der Waals surface area contributed by atoms with Crippen molar-refractivity contribution in [3.8, 4) is 5.13 Å². The lowest BCUT2D eigenvalue weighted by molar-refractivity contribution is -0.385. The van der Waals surface area contributed by atoms with Crippen molar-refractivity contribution >= 4 is 22.9 Å². The normalized spacial score (nSPS) is 10.6. The smallest absolute Gasteiger partial charge is 0.273 e. The fraction of sp³-hybridized carbons (Fsp3) is 0.188. The van der Waals surface area contributed by atoms with Crippen molar-refractivity contribution < 1.29 is 9.72 Å². The van der Waals surface area contributed by atoms with Crippen LogP contribution in [0.1, 0.15) is 21.6 Å². The van der Waals surface area contributed by atoms with Crippen molar-refractivity contribution in [2.45, 2.75) is 13.3 Å². The highest BCUT2D eigenvalue weighted by molar-refractivity contribution is 7.12. The number of hydrogen-bond acceptors (Lipinski definition) is 6. The van der Waals surface area contributed by atoms with E-state index in [9.17, 15) is 14.9 Å². The summed E-state index contributed by atoms with van der Waals surface area (Å²) < 4.78 is 1.68. The van der Waals surface area contributed by atoms with Crippen LogP contribution in [0.2, 0.25) is 0 Å². The van der Waals surface area contributed by atoms with Gasteiger partial charge in [-0.25, -0.2) is 9.67 Å². The second-order valence-corrected chi connectivity index (χ2v) is 6.17. The molecule has 3 aromatic rings. The minimum Gasteiger partial charge on any atom is -0.352 e. The lowest BCUT2D eigenvalue weighted by atomic mass is 10.1. The van der Waals surface area contributed by atoms with Crippen molar-refractivity contribution in [1.29, 1.82) is 0 Å². The number of amides is 1. The third kappa shape index (κ3) is 3.89. The van der Waals surface area contributed by atoms with Crippen LogP contribution in [0.4, 0.5) is 5.69 Å². The van der Waals surface area contributed by atoms with Crippen LogP contribution in [0, 0.1) is 17.0 Å². The summed E-state index contributed by atoms with van der Waals surface area (Å²) in [5.74, 6) is -0.342. The van der Waals surface area contributed by atoms with Crippen LogP contribution in [-0.4, -0.2) is 32.1 Å². The molecular weight excluding hydrogens is 342 g/mol. The molecule has 0 bridgehead atoms. The van der Waals surface area contributed by atoms with Crippen LogP contribution in [0.3, 0.4) is 0 Å². The second-order valence-electron chi connectivity index (χ2n) is 5.34. The number of carbonyl (C=O) groups is 1. The topological polar surface area (TPSA) is 103 Å². The van der Waals surface area contributed by atoms with Gasteiger partial charge in [-0.05, 0) is 19.1 Å². The Bertz CT molecular complexity index is 904. The van der Waals surface area contributed by atoms with E-state index in [0.29, 0.717) is 18.5 Å². The Labute approximate surface area is 147 Å². The molecule has 3 rings (SSSR count). The van der Waals surface area contributed by atoms with Crippen LogP contribution in [0.5, 0.6) is 0 Å². The Morgan fingerprint density at radius 3 is 3.00 bits per heavy atom. The first-order valence-electron chi connectivity index (χ1n) is 7.52. The van der Waals surface area contributed by atoms with E-state index in [0.717, 1.165) is 10.8 Å².